The average molecular weight is 394 g/mol. The topological polar surface area (TPSA) is 97.4 Å². The van der Waals surface area contributed by atoms with Gasteiger partial charge in [-0.2, -0.15) is 10.2 Å². The van der Waals surface area contributed by atoms with Crippen LogP contribution in [0.25, 0.3) is 16.9 Å². The zero-order valence-electron chi connectivity index (χ0n) is 15.1. The summed E-state index contributed by atoms with van der Waals surface area (Å²) >= 11 is 5.09. The molecule has 0 aliphatic carbocycles. The summed E-state index contributed by atoms with van der Waals surface area (Å²) < 4.78 is 1.74. The number of rotatable bonds is 6. The van der Waals surface area contributed by atoms with Crippen LogP contribution in [-0.4, -0.2) is 32.6 Å². The van der Waals surface area contributed by atoms with E-state index in [1.54, 1.807) is 23.0 Å². The quantitative estimate of drug-likeness (QED) is 0.288. The van der Waals surface area contributed by atoms with Gasteiger partial charge in [0.25, 0.3) is 5.69 Å². The van der Waals surface area contributed by atoms with E-state index in [1.165, 1.54) is 12.1 Å². The lowest BCUT2D eigenvalue weighted by Crippen LogP contribution is -2.31. The van der Waals surface area contributed by atoms with Gasteiger partial charge in [-0.25, -0.2) is 4.68 Å². The molecule has 0 saturated heterocycles. The third kappa shape index (κ3) is 4.57. The summed E-state index contributed by atoms with van der Waals surface area (Å²) in [5.74, 6) is 0. The molecule has 0 bridgehead atoms. The molecule has 9 heteroatoms. The summed E-state index contributed by atoms with van der Waals surface area (Å²) in [7, 11) is 0. The minimum Gasteiger partial charge on any atom is -0.362 e. The molecule has 0 aliphatic heterocycles. The molecule has 142 valence electrons. The number of thiocarbonyl (C=S) groups is 1. The summed E-state index contributed by atoms with van der Waals surface area (Å²) in [6.45, 7) is 2.63. The normalized spacial score (nSPS) is 10.8. The van der Waals surface area contributed by atoms with Crippen LogP contribution in [0.3, 0.4) is 0 Å². The summed E-state index contributed by atoms with van der Waals surface area (Å²) in [6.07, 6.45) is 3.46. The number of para-hydroxylation sites is 1. The van der Waals surface area contributed by atoms with E-state index in [0.29, 0.717) is 17.4 Å². The lowest BCUT2D eigenvalue weighted by molar-refractivity contribution is -0.384. The Hall–Kier alpha value is -3.59. The van der Waals surface area contributed by atoms with E-state index >= 15 is 0 Å². The van der Waals surface area contributed by atoms with Gasteiger partial charge in [-0.15, -0.1) is 0 Å². The summed E-state index contributed by atoms with van der Waals surface area (Å²) in [4.78, 5) is 10.5. The number of aromatic nitrogens is 2. The SMILES string of the molecule is CCNC(=S)N/N=C\c1cn(-c2ccccc2)nc1-c1ccc([N+](=O)[O-])cc1. The first-order chi connectivity index (χ1) is 13.6. The van der Waals surface area contributed by atoms with Crippen LogP contribution in [0.1, 0.15) is 12.5 Å². The molecule has 0 fully saturated rings. The number of nitrogens with one attached hydrogen (secondary N) is 2. The minimum absolute atomic E-state index is 0.0270. The number of nitrogens with zero attached hydrogens (tertiary/aromatic N) is 4. The number of hydrogen-bond acceptors (Lipinski definition) is 5. The fourth-order valence-corrected chi connectivity index (χ4v) is 2.72. The summed E-state index contributed by atoms with van der Waals surface area (Å²) in [6, 6.07) is 15.9. The van der Waals surface area contributed by atoms with Crippen molar-refractivity contribution in [3.63, 3.8) is 0 Å². The number of benzene rings is 2. The standard InChI is InChI=1S/C19H18N6O2S/c1-2-20-19(28)22-21-12-15-13-24(16-6-4-3-5-7-16)23-18(15)14-8-10-17(11-9-14)25(26)27/h3-13H,2H2,1H3,(H2,20,22,28)/b21-12-. The van der Waals surface area contributed by atoms with Crippen molar-refractivity contribution >= 4 is 29.2 Å². The molecule has 1 heterocycles. The molecule has 0 unspecified atom stereocenters. The van der Waals surface area contributed by atoms with E-state index in [4.69, 9.17) is 12.2 Å². The van der Waals surface area contributed by atoms with E-state index in [2.05, 4.69) is 20.9 Å². The molecule has 0 radical (unpaired) electrons. The fourth-order valence-electron chi connectivity index (χ4n) is 2.52. The molecule has 3 aromatic rings. The van der Waals surface area contributed by atoms with Gasteiger partial charge in [0.2, 0.25) is 0 Å². The van der Waals surface area contributed by atoms with Gasteiger partial charge in [0, 0.05) is 36.0 Å². The van der Waals surface area contributed by atoms with E-state index in [0.717, 1.165) is 16.8 Å². The molecule has 0 saturated carbocycles. The van der Waals surface area contributed by atoms with Crippen LogP contribution < -0.4 is 10.7 Å². The number of non-ortho nitro benzene ring substituents is 1. The van der Waals surface area contributed by atoms with E-state index in [1.807, 2.05) is 43.5 Å². The van der Waals surface area contributed by atoms with Gasteiger partial charge < -0.3 is 5.32 Å². The van der Waals surface area contributed by atoms with Crippen LogP contribution in [0.2, 0.25) is 0 Å². The van der Waals surface area contributed by atoms with Crippen molar-refractivity contribution in [2.45, 2.75) is 6.92 Å². The second-order valence-electron chi connectivity index (χ2n) is 5.75. The monoisotopic (exact) mass is 394 g/mol. The van der Waals surface area contributed by atoms with Gasteiger partial charge >= 0.3 is 0 Å². The van der Waals surface area contributed by atoms with Crippen molar-refractivity contribution in [2.75, 3.05) is 6.54 Å². The molecule has 2 N–H and O–H groups in total. The maximum absolute atomic E-state index is 10.9. The third-order valence-electron chi connectivity index (χ3n) is 3.82. The highest BCUT2D eigenvalue weighted by Gasteiger charge is 2.13. The highest BCUT2D eigenvalue weighted by molar-refractivity contribution is 7.80. The third-order valence-corrected chi connectivity index (χ3v) is 4.06. The molecule has 0 atom stereocenters. The van der Waals surface area contributed by atoms with Crippen LogP contribution in [-0.2, 0) is 0 Å². The largest absolute Gasteiger partial charge is 0.362 e. The predicted octanol–water partition coefficient (Wildman–Crippen LogP) is 3.27. The molecule has 2 aromatic carbocycles. The first-order valence-corrected chi connectivity index (χ1v) is 8.96. The van der Waals surface area contributed by atoms with Gasteiger partial charge in [0.15, 0.2) is 5.11 Å². The Morgan fingerprint density at radius 2 is 1.96 bits per heavy atom. The van der Waals surface area contributed by atoms with Crippen molar-refractivity contribution in [2.24, 2.45) is 5.10 Å². The van der Waals surface area contributed by atoms with Crippen LogP contribution in [0.15, 0.2) is 65.9 Å². The Labute approximate surface area is 167 Å². The molecular weight excluding hydrogens is 376 g/mol. The molecule has 28 heavy (non-hydrogen) atoms. The maximum Gasteiger partial charge on any atom is 0.269 e. The van der Waals surface area contributed by atoms with Crippen LogP contribution in [0.5, 0.6) is 0 Å². The van der Waals surface area contributed by atoms with Gasteiger partial charge in [0.1, 0.15) is 5.69 Å². The van der Waals surface area contributed by atoms with Crippen molar-refractivity contribution in [3.8, 4) is 16.9 Å². The van der Waals surface area contributed by atoms with Crippen molar-refractivity contribution < 1.29 is 4.92 Å². The number of nitro benzene ring substituents is 1. The second kappa shape index (κ2) is 8.87. The Bertz CT molecular complexity index is 999. The molecule has 8 nitrogen and oxygen atoms in total. The first-order valence-electron chi connectivity index (χ1n) is 8.55. The van der Waals surface area contributed by atoms with E-state index in [9.17, 15) is 10.1 Å². The molecular formula is C19H18N6O2S. The number of nitro groups is 1. The lowest BCUT2D eigenvalue weighted by Gasteiger charge is -2.02. The predicted molar refractivity (Wildman–Crippen MR) is 113 cm³/mol. The molecule has 0 spiro atoms. The van der Waals surface area contributed by atoms with Gasteiger partial charge in [0.05, 0.1) is 16.8 Å². The van der Waals surface area contributed by atoms with Crippen LogP contribution in [0, 0.1) is 10.1 Å². The highest BCUT2D eigenvalue weighted by atomic mass is 32.1. The molecule has 1 aromatic heterocycles. The van der Waals surface area contributed by atoms with Crippen LogP contribution in [0.4, 0.5) is 5.69 Å². The number of hydrogen-bond donors (Lipinski definition) is 2. The van der Waals surface area contributed by atoms with Crippen molar-refractivity contribution in [1.29, 1.82) is 0 Å². The number of hydrazone groups is 1. The van der Waals surface area contributed by atoms with Crippen molar-refractivity contribution in [3.05, 3.63) is 76.5 Å². The summed E-state index contributed by atoms with van der Waals surface area (Å²) in [5.41, 5.74) is 5.80. The maximum atomic E-state index is 10.9. The van der Waals surface area contributed by atoms with Crippen LogP contribution >= 0.6 is 12.2 Å². The fraction of sp³-hybridized carbons (Fsp3) is 0.105. The molecule has 0 amide bonds. The Kier molecular flexibility index (Phi) is 6.07. The lowest BCUT2D eigenvalue weighted by atomic mass is 10.1. The van der Waals surface area contributed by atoms with Gasteiger partial charge in [-0.05, 0) is 43.4 Å². The molecule has 3 rings (SSSR count). The van der Waals surface area contributed by atoms with Crippen molar-refractivity contribution in [1.82, 2.24) is 20.5 Å². The minimum atomic E-state index is -0.430. The Morgan fingerprint density at radius 3 is 2.61 bits per heavy atom. The average Bonchev–Trinajstić information content (AvgIpc) is 3.13. The Balaban J connectivity index is 1.96. The highest BCUT2D eigenvalue weighted by Crippen LogP contribution is 2.25. The smallest absolute Gasteiger partial charge is 0.269 e. The zero-order valence-corrected chi connectivity index (χ0v) is 15.9. The van der Waals surface area contributed by atoms with E-state index < -0.39 is 4.92 Å². The second-order valence-corrected chi connectivity index (χ2v) is 6.15. The Morgan fingerprint density at radius 1 is 1.25 bits per heavy atom. The van der Waals surface area contributed by atoms with Gasteiger partial charge in [-0.1, -0.05) is 18.2 Å². The summed E-state index contributed by atoms with van der Waals surface area (Å²) in [5, 5.41) is 23.1. The molecule has 0 aliphatic rings. The van der Waals surface area contributed by atoms with E-state index in [-0.39, 0.29) is 5.69 Å². The van der Waals surface area contributed by atoms with Gasteiger partial charge in [-0.3, -0.25) is 15.5 Å². The first kappa shape index (κ1) is 19.2. The zero-order chi connectivity index (χ0) is 19.9.